The third kappa shape index (κ3) is 2.44. The molecule has 0 aliphatic rings. The lowest BCUT2D eigenvalue weighted by Crippen LogP contribution is -1.98. The second-order valence-electron chi connectivity index (χ2n) is 2.37. The van der Waals surface area contributed by atoms with Crippen LogP contribution in [0.25, 0.3) is 0 Å². The van der Waals surface area contributed by atoms with Crippen molar-refractivity contribution in [1.82, 2.24) is 0 Å². The molecule has 0 aromatic heterocycles. The standard InChI is InChI=1S/C8H7BrClFO/c9-6-1-5(8(12)4-10)2-7(11)3-6/h1-3,8,12H,4H2. The van der Waals surface area contributed by atoms with E-state index >= 15 is 0 Å². The molecule has 66 valence electrons. The highest BCUT2D eigenvalue weighted by Crippen LogP contribution is 2.20. The van der Waals surface area contributed by atoms with Gasteiger partial charge < -0.3 is 5.11 Å². The number of hydrogen-bond acceptors (Lipinski definition) is 1. The summed E-state index contributed by atoms with van der Waals surface area (Å²) in [5, 5.41) is 9.26. The van der Waals surface area contributed by atoms with Crippen molar-refractivity contribution in [2.24, 2.45) is 0 Å². The van der Waals surface area contributed by atoms with Crippen molar-refractivity contribution >= 4 is 27.5 Å². The van der Waals surface area contributed by atoms with E-state index in [0.29, 0.717) is 10.0 Å². The topological polar surface area (TPSA) is 20.2 Å². The van der Waals surface area contributed by atoms with E-state index in [1.165, 1.54) is 12.1 Å². The highest BCUT2D eigenvalue weighted by molar-refractivity contribution is 9.10. The van der Waals surface area contributed by atoms with Gasteiger partial charge in [0.05, 0.1) is 12.0 Å². The number of alkyl halides is 1. The highest BCUT2D eigenvalue weighted by atomic mass is 79.9. The fraction of sp³-hybridized carbons (Fsp3) is 0.250. The second kappa shape index (κ2) is 4.21. The Morgan fingerprint density at radius 2 is 2.17 bits per heavy atom. The Bertz CT molecular complexity index is 260. The Labute approximate surface area is 83.3 Å². The van der Waals surface area contributed by atoms with E-state index in [-0.39, 0.29) is 11.7 Å². The van der Waals surface area contributed by atoms with Gasteiger partial charge in [-0.3, -0.25) is 0 Å². The maximum atomic E-state index is 12.7. The van der Waals surface area contributed by atoms with Crippen LogP contribution in [0.15, 0.2) is 22.7 Å². The molecule has 1 rings (SSSR count). The van der Waals surface area contributed by atoms with Gasteiger partial charge >= 0.3 is 0 Å². The Kier molecular flexibility index (Phi) is 3.50. The van der Waals surface area contributed by atoms with Crippen LogP contribution < -0.4 is 0 Å². The molecule has 12 heavy (non-hydrogen) atoms. The lowest BCUT2D eigenvalue weighted by atomic mass is 10.1. The van der Waals surface area contributed by atoms with Crippen LogP contribution in [0.1, 0.15) is 11.7 Å². The molecule has 0 aliphatic carbocycles. The van der Waals surface area contributed by atoms with E-state index in [1.807, 2.05) is 0 Å². The zero-order chi connectivity index (χ0) is 9.14. The Morgan fingerprint density at radius 1 is 1.50 bits per heavy atom. The summed E-state index contributed by atoms with van der Waals surface area (Å²) in [5.41, 5.74) is 0.483. The largest absolute Gasteiger partial charge is 0.387 e. The van der Waals surface area contributed by atoms with Crippen LogP contribution >= 0.6 is 27.5 Å². The number of aliphatic hydroxyl groups excluding tert-OH is 1. The van der Waals surface area contributed by atoms with Gasteiger partial charge in [0, 0.05) is 4.47 Å². The molecule has 0 amide bonds. The van der Waals surface area contributed by atoms with E-state index < -0.39 is 6.10 Å². The molecular weight excluding hydrogens is 246 g/mol. The fourth-order valence-electron chi connectivity index (χ4n) is 0.857. The van der Waals surface area contributed by atoms with Crippen LogP contribution in [0.4, 0.5) is 4.39 Å². The number of hydrogen-bond donors (Lipinski definition) is 1. The molecule has 1 aromatic carbocycles. The molecular formula is C8H7BrClFO. The molecule has 1 aromatic rings. The molecule has 0 radical (unpaired) electrons. The van der Waals surface area contributed by atoms with Crippen LogP contribution in [-0.4, -0.2) is 11.0 Å². The zero-order valence-electron chi connectivity index (χ0n) is 6.10. The van der Waals surface area contributed by atoms with E-state index in [4.69, 9.17) is 11.6 Å². The van der Waals surface area contributed by atoms with Crippen molar-refractivity contribution in [1.29, 1.82) is 0 Å². The summed E-state index contributed by atoms with van der Waals surface area (Å²) in [4.78, 5) is 0. The average Bonchev–Trinajstić information content (AvgIpc) is 2.01. The lowest BCUT2D eigenvalue weighted by molar-refractivity contribution is 0.202. The number of benzene rings is 1. The molecule has 1 N–H and O–H groups in total. The highest BCUT2D eigenvalue weighted by Gasteiger charge is 2.07. The first-order valence-corrected chi connectivity index (χ1v) is 4.66. The van der Waals surface area contributed by atoms with Crippen molar-refractivity contribution in [2.45, 2.75) is 6.10 Å². The Balaban J connectivity index is 3.00. The number of aliphatic hydroxyl groups is 1. The maximum absolute atomic E-state index is 12.7. The van der Waals surface area contributed by atoms with E-state index in [1.54, 1.807) is 6.07 Å². The molecule has 0 fully saturated rings. The fourth-order valence-corrected chi connectivity index (χ4v) is 1.52. The maximum Gasteiger partial charge on any atom is 0.124 e. The first-order chi connectivity index (χ1) is 5.63. The molecule has 0 saturated heterocycles. The first kappa shape index (κ1) is 9.96. The van der Waals surface area contributed by atoms with Crippen molar-refractivity contribution in [3.05, 3.63) is 34.1 Å². The normalized spacial score (nSPS) is 13.0. The monoisotopic (exact) mass is 252 g/mol. The summed E-state index contributed by atoms with van der Waals surface area (Å²) in [7, 11) is 0. The van der Waals surface area contributed by atoms with Crippen LogP contribution in [-0.2, 0) is 0 Å². The summed E-state index contributed by atoms with van der Waals surface area (Å²) >= 11 is 8.52. The quantitative estimate of drug-likeness (QED) is 0.804. The Hall–Kier alpha value is -0.120. The van der Waals surface area contributed by atoms with Crippen molar-refractivity contribution < 1.29 is 9.50 Å². The summed E-state index contributed by atoms with van der Waals surface area (Å²) in [5.74, 6) is -0.320. The number of rotatable bonds is 2. The Morgan fingerprint density at radius 3 is 2.67 bits per heavy atom. The van der Waals surface area contributed by atoms with Gasteiger partial charge in [0.15, 0.2) is 0 Å². The molecule has 0 aliphatic heterocycles. The minimum atomic E-state index is -0.807. The predicted octanol–water partition coefficient (Wildman–Crippen LogP) is 2.86. The van der Waals surface area contributed by atoms with Crippen LogP contribution in [0.3, 0.4) is 0 Å². The summed E-state index contributed by atoms with van der Waals surface area (Å²) in [6.07, 6.45) is -0.807. The van der Waals surface area contributed by atoms with E-state index in [0.717, 1.165) is 0 Å². The van der Waals surface area contributed by atoms with E-state index in [9.17, 15) is 9.50 Å². The molecule has 0 bridgehead atoms. The summed E-state index contributed by atoms with van der Waals surface area (Å²) in [6, 6.07) is 4.22. The average molecular weight is 253 g/mol. The lowest BCUT2D eigenvalue weighted by Gasteiger charge is -2.07. The third-order valence-corrected chi connectivity index (χ3v) is 2.17. The van der Waals surface area contributed by atoms with Gasteiger partial charge in [0.2, 0.25) is 0 Å². The van der Waals surface area contributed by atoms with Gasteiger partial charge in [-0.2, -0.15) is 0 Å². The van der Waals surface area contributed by atoms with Gasteiger partial charge in [-0.15, -0.1) is 11.6 Å². The van der Waals surface area contributed by atoms with Gasteiger partial charge in [-0.25, -0.2) is 4.39 Å². The van der Waals surface area contributed by atoms with Gasteiger partial charge in [0.25, 0.3) is 0 Å². The second-order valence-corrected chi connectivity index (χ2v) is 3.60. The van der Waals surface area contributed by atoms with E-state index in [2.05, 4.69) is 15.9 Å². The summed E-state index contributed by atoms with van der Waals surface area (Å²) in [6.45, 7) is 0. The molecule has 0 heterocycles. The molecule has 1 unspecified atom stereocenters. The van der Waals surface area contributed by atoms with Gasteiger partial charge in [0.1, 0.15) is 5.82 Å². The minimum absolute atomic E-state index is 0.0654. The molecule has 4 heteroatoms. The molecule has 1 nitrogen and oxygen atoms in total. The van der Waals surface area contributed by atoms with Crippen molar-refractivity contribution in [2.75, 3.05) is 5.88 Å². The zero-order valence-corrected chi connectivity index (χ0v) is 8.44. The smallest absolute Gasteiger partial charge is 0.124 e. The van der Waals surface area contributed by atoms with Crippen molar-refractivity contribution in [3.63, 3.8) is 0 Å². The first-order valence-electron chi connectivity index (χ1n) is 3.33. The van der Waals surface area contributed by atoms with Gasteiger partial charge in [-0.1, -0.05) is 15.9 Å². The predicted molar refractivity (Wildman–Crippen MR) is 49.8 cm³/mol. The SMILES string of the molecule is OC(CCl)c1cc(F)cc(Br)c1. The molecule has 1 atom stereocenters. The van der Waals surface area contributed by atoms with Crippen LogP contribution in [0.5, 0.6) is 0 Å². The van der Waals surface area contributed by atoms with Gasteiger partial charge in [-0.05, 0) is 23.8 Å². The molecule has 0 spiro atoms. The summed E-state index contributed by atoms with van der Waals surface area (Å²) < 4.78 is 13.3. The van der Waals surface area contributed by atoms with Crippen LogP contribution in [0, 0.1) is 5.82 Å². The minimum Gasteiger partial charge on any atom is -0.387 e. The van der Waals surface area contributed by atoms with Crippen LogP contribution in [0.2, 0.25) is 0 Å². The molecule has 0 saturated carbocycles. The number of halogens is 3. The third-order valence-electron chi connectivity index (χ3n) is 1.42. The van der Waals surface area contributed by atoms with Crippen molar-refractivity contribution in [3.8, 4) is 0 Å².